The molecule has 1 aliphatic heterocycles. The Labute approximate surface area is 117 Å². The van der Waals surface area contributed by atoms with Crippen LogP contribution in [-0.4, -0.2) is 76.2 Å². The fourth-order valence-electron chi connectivity index (χ4n) is 2.43. The quantitative estimate of drug-likeness (QED) is 0.695. The average molecular weight is 271 g/mol. The van der Waals surface area contributed by atoms with Gasteiger partial charge in [-0.3, -0.25) is 4.79 Å². The molecule has 0 aliphatic carbocycles. The normalized spacial score (nSPS) is 19.7. The number of amides is 1. The van der Waals surface area contributed by atoms with Crippen LogP contribution in [-0.2, 0) is 9.53 Å². The van der Waals surface area contributed by atoms with Crippen molar-refractivity contribution in [3.05, 3.63) is 0 Å². The number of hydrogen-bond donors (Lipinski definition) is 1. The van der Waals surface area contributed by atoms with Gasteiger partial charge < -0.3 is 19.9 Å². The first-order valence-electron chi connectivity index (χ1n) is 7.28. The van der Waals surface area contributed by atoms with Crippen molar-refractivity contribution in [3.63, 3.8) is 0 Å². The van der Waals surface area contributed by atoms with Crippen LogP contribution in [0.1, 0.15) is 19.3 Å². The third kappa shape index (κ3) is 6.36. The molecule has 0 spiro atoms. The zero-order chi connectivity index (χ0) is 14.1. The highest BCUT2D eigenvalue weighted by atomic mass is 16.5. The predicted octanol–water partition coefficient (Wildman–Crippen LogP) is 0.413. The van der Waals surface area contributed by atoms with Gasteiger partial charge in [-0.2, -0.15) is 0 Å². The van der Waals surface area contributed by atoms with Gasteiger partial charge in [-0.25, -0.2) is 0 Å². The predicted molar refractivity (Wildman–Crippen MR) is 77.2 cm³/mol. The minimum atomic E-state index is 0.157. The minimum Gasteiger partial charge on any atom is -0.383 e. The fourth-order valence-corrected chi connectivity index (χ4v) is 2.43. The number of nitrogens with one attached hydrogen (secondary N) is 1. The molecule has 0 aromatic carbocycles. The lowest BCUT2D eigenvalue weighted by atomic mass is 9.98. The molecular weight excluding hydrogens is 242 g/mol. The summed E-state index contributed by atoms with van der Waals surface area (Å²) in [4.78, 5) is 16.6. The SMILES string of the molecule is COCCN(CCCN(C)C)C(=O)[C@H]1CCCNC1. The molecule has 0 aromatic rings. The van der Waals surface area contributed by atoms with Gasteiger partial charge in [-0.05, 0) is 46.4 Å². The number of carbonyl (C=O) groups excluding carboxylic acids is 1. The lowest BCUT2D eigenvalue weighted by Crippen LogP contribution is -2.44. The first-order chi connectivity index (χ1) is 9.15. The summed E-state index contributed by atoms with van der Waals surface area (Å²) in [7, 11) is 5.81. The van der Waals surface area contributed by atoms with E-state index in [0.29, 0.717) is 19.1 Å². The van der Waals surface area contributed by atoms with Gasteiger partial charge in [0.15, 0.2) is 0 Å². The molecule has 1 atom stereocenters. The molecule has 19 heavy (non-hydrogen) atoms. The summed E-state index contributed by atoms with van der Waals surface area (Å²) in [6.07, 6.45) is 3.14. The van der Waals surface area contributed by atoms with Crippen molar-refractivity contribution >= 4 is 5.91 Å². The molecule has 5 nitrogen and oxygen atoms in total. The van der Waals surface area contributed by atoms with Gasteiger partial charge >= 0.3 is 0 Å². The van der Waals surface area contributed by atoms with E-state index in [9.17, 15) is 4.79 Å². The fraction of sp³-hybridized carbons (Fsp3) is 0.929. The van der Waals surface area contributed by atoms with Gasteiger partial charge in [0, 0.05) is 26.7 Å². The molecule has 0 aromatic heterocycles. The Morgan fingerprint density at radius 3 is 2.68 bits per heavy atom. The maximum Gasteiger partial charge on any atom is 0.227 e. The highest BCUT2D eigenvalue weighted by molar-refractivity contribution is 5.79. The third-order valence-corrected chi connectivity index (χ3v) is 3.56. The van der Waals surface area contributed by atoms with Gasteiger partial charge in [-0.15, -0.1) is 0 Å². The van der Waals surface area contributed by atoms with Crippen LogP contribution in [0.5, 0.6) is 0 Å². The Bertz CT molecular complexity index is 253. The number of hydrogen-bond acceptors (Lipinski definition) is 4. The number of nitrogens with zero attached hydrogens (tertiary/aromatic N) is 2. The second-order valence-electron chi connectivity index (χ2n) is 5.52. The standard InChI is InChI=1S/C14H29N3O2/c1-16(2)8-5-9-17(10-11-19-3)14(18)13-6-4-7-15-12-13/h13,15H,4-12H2,1-3H3/t13-/m0/s1. The van der Waals surface area contributed by atoms with Gasteiger partial charge in [0.05, 0.1) is 12.5 Å². The Morgan fingerprint density at radius 2 is 2.11 bits per heavy atom. The summed E-state index contributed by atoms with van der Waals surface area (Å²) in [5, 5.41) is 3.31. The minimum absolute atomic E-state index is 0.157. The summed E-state index contributed by atoms with van der Waals surface area (Å²) in [6, 6.07) is 0. The number of piperidine rings is 1. The summed E-state index contributed by atoms with van der Waals surface area (Å²) >= 11 is 0. The van der Waals surface area contributed by atoms with Crippen molar-refractivity contribution in [1.82, 2.24) is 15.1 Å². The van der Waals surface area contributed by atoms with Crippen molar-refractivity contribution in [3.8, 4) is 0 Å². The van der Waals surface area contributed by atoms with E-state index in [1.54, 1.807) is 7.11 Å². The molecule has 1 heterocycles. The van der Waals surface area contributed by atoms with E-state index in [1.165, 1.54) is 0 Å². The molecule has 1 fully saturated rings. The van der Waals surface area contributed by atoms with Crippen molar-refractivity contribution in [1.29, 1.82) is 0 Å². The summed E-state index contributed by atoms with van der Waals surface area (Å²) < 4.78 is 5.12. The number of rotatable bonds is 8. The van der Waals surface area contributed by atoms with Crippen LogP contribution in [0.25, 0.3) is 0 Å². The molecule has 1 aliphatic rings. The van der Waals surface area contributed by atoms with Crippen LogP contribution < -0.4 is 5.32 Å². The maximum atomic E-state index is 12.5. The zero-order valence-corrected chi connectivity index (χ0v) is 12.7. The van der Waals surface area contributed by atoms with E-state index in [4.69, 9.17) is 4.74 Å². The molecule has 1 saturated heterocycles. The average Bonchev–Trinajstić information content (AvgIpc) is 2.42. The first kappa shape index (κ1) is 16.4. The van der Waals surface area contributed by atoms with E-state index in [2.05, 4.69) is 24.3 Å². The largest absolute Gasteiger partial charge is 0.383 e. The van der Waals surface area contributed by atoms with Crippen molar-refractivity contribution in [2.75, 3.05) is 60.5 Å². The summed E-state index contributed by atoms with van der Waals surface area (Å²) in [5.41, 5.74) is 0. The Kier molecular flexibility index (Phi) is 8.02. The van der Waals surface area contributed by atoms with E-state index >= 15 is 0 Å². The second kappa shape index (κ2) is 9.28. The van der Waals surface area contributed by atoms with Crippen molar-refractivity contribution in [2.24, 2.45) is 5.92 Å². The highest BCUT2D eigenvalue weighted by Crippen LogP contribution is 2.13. The molecule has 0 unspecified atom stereocenters. The second-order valence-corrected chi connectivity index (χ2v) is 5.52. The topological polar surface area (TPSA) is 44.8 Å². The van der Waals surface area contributed by atoms with E-state index in [1.807, 2.05) is 4.90 Å². The lowest BCUT2D eigenvalue weighted by molar-refractivity contribution is -0.136. The molecule has 112 valence electrons. The van der Waals surface area contributed by atoms with Crippen LogP contribution in [0.4, 0.5) is 0 Å². The Morgan fingerprint density at radius 1 is 1.32 bits per heavy atom. The molecular formula is C14H29N3O2. The molecule has 1 rings (SSSR count). The molecule has 0 radical (unpaired) electrons. The van der Waals surface area contributed by atoms with Crippen LogP contribution in [0.3, 0.4) is 0 Å². The van der Waals surface area contributed by atoms with Crippen molar-refractivity contribution in [2.45, 2.75) is 19.3 Å². The number of ether oxygens (including phenoxy) is 1. The Balaban J connectivity index is 2.43. The van der Waals surface area contributed by atoms with Crippen LogP contribution in [0, 0.1) is 5.92 Å². The summed E-state index contributed by atoms with van der Waals surface area (Å²) in [6.45, 7) is 5.04. The number of carbonyl (C=O) groups is 1. The maximum absolute atomic E-state index is 12.5. The van der Waals surface area contributed by atoms with Gasteiger partial charge in [0.2, 0.25) is 5.91 Å². The number of methoxy groups -OCH3 is 1. The molecule has 0 saturated carbocycles. The van der Waals surface area contributed by atoms with E-state index in [0.717, 1.165) is 45.4 Å². The van der Waals surface area contributed by atoms with Gasteiger partial charge in [-0.1, -0.05) is 0 Å². The van der Waals surface area contributed by atoms with E-state index in [-0.39, 0.29) is 5.92 Å². The smallest absolute Gasteiger partial charge is 0.227 e. The zero-order valence-electron chi connectivity index (χ0n) is 12.7. The first-order valence-corrected chi connectivity index (χ1v) is 7.28. The third-order valence-electron chi connectivity index (χ3n) is 3.56. The molecule has 0 bridgehead atoms. The van der Waals surface area contributed by atoms with Crippen molar-refractivity contribution < 1.29 is 9.53 Å². The Hall–Kier alpha value is -0.650. The van der Waals surface area contributed by atoms with Gasteiger partial charge in [0.1, 0.15) is 0 Å². The summed E-state index contributed by atoms with van der Waals surface area (Å²) in [5.74, 6) is 0.452. The molecule has 5 heteroatoms. The van der Waals surface area contributed by atoms with E-state index < -0.39 is 0 Å². The van der Waals surface area contributed by atoms with Gasteiger partial charge in [0.25, 0.3) is 0 Å². The van der Waals surface area contributed by atoms with Crippen LogP contribution in [0.2, 0.25) is 0 Å². The lowest BCUT2D eigenvalue weighted by Gasteiger charge is -2.30. The molecule has 1 N–H and O–H groups in total. The van der Waals surface area contributed by atoms with Crippen LogP contribution >= 0.6 is 0 Å². The monoisotopic (exact) mass is 271 g/mol. The highest BCUT2D eigenvalue weighted by Gasteiger charge is 2.25. The molecule has 1 amide bonds. The van der Waals surface area contributed by atoms with Crippen LogP contribution in [0.15, 0.2) is 0 Å².